The Kier molecular flexibility index (Phi) is 5.26. The van der Waals surface area contributed by atoms with Gasteiger partial charge in [0.15, 0.2) is 13.2 Å². The Hall–Kier alpha value is -2.82. The highest BCUT2D eigenvalue weighted by molar-refractivity contribution is 5.97. The third-order valence-electron chi connectivity index (χ3n) is 4.67. The van der Waals surface area contributed by atoms with Crippen molar-refractivity contribution >= 4 is 17.6 Å². The van der Waals surface area contributed by atoms with Crippen molar-refractivity contribution in [2.45, 2.75) is 33.2 Å². The second kappa shape index (κ2) is 7.60. The van der Waals surface area contributed by atoms with E-state index in [9.17, 15) is 9.59 Å². The molecule has 0 aliphatic carbocycles. The van der Waals surface area contributed by atoms with E-state index in [2.05, 4.69) is 0 Å². The van der Waals surface area contributed by atoms with Gasteiger partial charge in [-0.25, -0.2) is 4.79 Å². The maximum atomic E-state index is 12.5. The van der Waals surface area contributed by atoms with E-state index in [1.807, 2.05) is 63.2 Å². The summed E-state index contributed by atoms with van der Waals surface area (Å²) in [7, 11) is 0. The first-order chi connectivity index (χ1) is 12.5. The predicted molar refractivity (Wildman–Crippen MR) is 99.5 cm³/mol. The number of aryl methyl sites for hydroxylation is 2. The molecular weight excluding hydrogens is 330 g/mol. The molecule has 0 aromatic heterocycles. The fourth-order valence-corrected chi connectivity index (χ4v) is 3.14. The highest BCUT2D eigenvalue weighted by Gasteiger charge is 2.30. The van der Waals surface area contributed by atoms with Crippen LogP contribution in [0.4, 0.5) is 5.69 Å². The summed E-state index contributed by atoms with van der Waals surface area (Å²) in [6, 6.07) is 13.5. The number of nitrogens with zero attached hydrogens (tertiary/aromatic N) is 1. The lowest BCUT2D eigenvalue weighted by Gasteiger charge is -2.22. The number of carbonyl (C=O) groups excluding carboxylic acids is 2. The zero-order valence-corrected chi connectivity index (χ0v) is 15.3. The fraction of sp³-hybridized carbons (Fsp3) is 0.333. The molecule has 0 N–H and O–H groups in total. The smallest absolute Gasteiger partial charge is 0.344 e. The summed E-state index contributed by atoms with van der Waals surface area (Å²) in [5.41, 5.74) is 4.28. The minimum Gasteiger partial charge on any atom is -0.482 e. The molecule has 1 heterocycles. The highest BCUT2D eigenvalue weighted by Crippen LogP contribution is 2.31. The highest BCUT2D eigenvalue weighted by atomic mass is 16.6. The summed E-state index contributed by atoms with van der Waals surface area (Å²) >= 11 is 0. The summed E-state index contributed by atoms with van der Waals surface area (Å²) in [6.07, 6.45) is 0.811. The van der Waals surface area contributed by atoms with Crippen molar-refractivity contribution in [1.82, 2.24) is 0 Å². The molecule has 0 saturated heterocycles. The Balaban J connectivity index is 1.51. The number of benzene rings is 2. The van der Waals surface area contributed by atoms with Crippen LogP contribution in [0.5, 0.6) is 5.75 Å². The van der Waals surface area contributed by atoms with Crippen molar-refractivity contribution in [3.63, 3.8) is 0 Å². The van der Waals surface area contributed by atoms with E-state index in [0.717, 1.165) is 28.8 Å². The number of para-hydroxylation sites is 1. The van der Waals surface area contributed by atoms with Gasteiger partial charge in [-0.15, -0.1) is 0 Å². The topological polar surface area (TPSA) is 55.8 Å². The molecule has 2 aromatic rings. The maximum Gasteiger partial charge on any atom is 0.344 e. The molecule has 1 atom stereocenters. The van der Waals surface area contributed by atoms with Crippen molar-refractivity contribution in [1.29, 1.82) is 0 Å². The van der Waals surface area contributed by atoms with E-state index in [-0.39, 0.29) is 25.2 Å². The van der Waals surface area contributed by atoms with Crippen LogP contribution in [0.3, 0.4) is 0 Å². The average Bonchev–Trinajstić information content (AvgIpc) is 2.96. The first-order valence-electron chi connectivity index (χ1n) is 8.71. The lowest BCUT2D eigenvalue weighted by Crippen LogP contribution is -2.39. The fourth-order valence-electron chi connectivity index (χ4n) is 3.14. The van der Waals surface area contributed by atoms with Crippen molar-refractivity contribution in [3.05, 3.63) is 59.2 Å². The minimum absolute atomic E-state index is 0.0605. The quantitative estimate of drug-likeness (QED) is 0.775. The number of ether oxygens (including phenoxy) is 2. The van der Waals surface area contributed by atoms with Crippen LogP contribution in [0, 0.1) is 13.8 Å². The van der Waals surface area contributed by atoms with Crippen LogP contribution in [0.15, 0.2) is 42.5 Å². The number of esters is 1. The third kappa shape index (κ3) is 3.87. The zero-order chi connectivity index (χ0) is 18.7. The van der Waals surface area contributed by atoms with Gasteiger partial charge in [0.05, 0.1) is 0 Å². The summed E-state index contributed by atoms with van der Waals surface area (Å²) < 4.78 is 10.5. The normalized spacial score (nSPS) is 15.5. The molecule has 0 spiro atoms. The summed E-state index contributed by atoms with van der Waals surface area (Å²) in [5, 5.41) is 0. The Labute approximate surface area is 153 Å². The van der Waals surface area contributed by atoms with Crippen LogP contribution >= 0.6 is 0 Å². The van der Waals surface area contributed by atoms with Gasteiger partial charge in [-0.1, -0.05) is 24.3 Å². The van der Waals surface area contributed by atoms with Crippen LogP contribution in [0.25, 0.3) is 0 Å². The lowest BCUT2D eigenvalue weighted by molar-refractivity contribution is -0.149. The van der Waals surface area contributed by atoms with Gasteiger partial charge < -0.3 is 14.4 Å². The predicted octanol–water partition coefficient (Wildman–Crippen LogP) is 3.20. The number of fused-ring (bicyclic) bond motifs is 1. The molecule has 0 unspecified atom stereocenters. The van der Waals surface area contributed by atoms with Gasteiger partial charge in [0.1, 0.15) is 5.75 Å². The van der Waals surface area contributed by atoms with E-state index in [1.54, 1.807) is 4.90 Å². The molecule has 0 saturated carbocycles. The van der Waals surface area contributed by atoms with E-state index >= 15 is 0 Å². The first-order valence-corrected chi connectivity index (χ1v) is 8.71. The third-order valence-corrected chi connectivity index (χ3v) is 4.67. The van der Waals surface area contributed by atoms with Crippen LogP contribution in [-0.2, 0) is 20.7 Å². The van der Waals surface area contributed by atoms with Gasteiger partial charge in [-0.3, -0.25) is 4.79 Å². The summed E-state index contributed by atoms with van der Waals surface area (Å²) in [5.74, 6) is -0.169. The average molecular weight is 353 g/mol. The summed E-state index contributed by atoms with van der Waals surface area (Å²) in [4.78, 5) is 26.1. The molecule has 5 nitrogen and oxygen atoms in total. The van der Waals surface area contributed by atoms with E-state index < -0.39 is 5.97 Å². The summed E-state index contributed by atoms with van der Waals surface area (Å²) in [6.45, 7) is 5.48. The molecule has 0 bridgehead atoms. The Morgan fingerprint density at radius 1 is 1.08 bits per heavy atom. The zero-order valence-electron chi connectivity index (χ0n) is 15.3. The molecule has 0 fully saturated rings. The lowest BCUT2D eigenvalue weighted by atomic mass is 10.1. The van der Waals surface area contributed by atoms with Gasteiger partial charge in [-0.2, -0.15) is 0 Å². The second-order valence-corrected chi connectivity index (χ2v) is 6.64. The molecule has 1 aliphatic heterocycles. The Morgan fingerprint density at radius 2 is 1.85 bits per heavy atom. The Bertz CT molecular complexity index is 831. The number of hydrogen-bond acceptors (Lipinski definition) is 4. The molecule has 26 heavy (non-hydrogen) atoms. The minimum atomic E-state index is -0.559. The molecule has 5 heteroatoms. The van der Waals surface area contributed by atoms with Crippen LogP contribution in [0.1, 0.15) is 23.6 Å². The van der Waals surface area contributed by atoms with Crippen LogP contribution in [-0.4, -0.2) is 31.1 Å². The maximum absolute atomic E-state index is 12.5. The van der Waals surface area contributed by atoms with Crippen LogP contribution < -0.4 is 9.64 Å². The van der Waals surface area contributed by atoms with Crippen molar-refractivity contribution in [3.8, 4) is 5.75 Å². The SMILES string of the molecule is Cc1ccc(OCC(=O)OCC(=O)N2c3ccccc3C[C@@H]2C)cc1C. The van der Waals surface area contributed by atoms with Crippen molar-refractivity contribution < 1.29 is 19.1 Å². The molecule has 1 amide bonds. The number of rotatable bonds is 5. The number of amides is 1. The standard InChI is InChI=1S/C21H23NO4/c1-14-8-9-18(10-15(14)2)25-13-21(24)26-12-20(23)22-16(3)11-17-6-4-5-7-19(17)22/h4-10,16H,11-13H2,1-3H3/t16-/m0/s1. The molecule has 1 aliphatic rings. The van der Waals surface area contributed by atoms with Crippen LogP contribution in [0.2, 0.25) is 0 Å². The van der Waals surface area contributed by atoms with E-state index in [1.165, 1.54) is 0 Å². The largest absolute Gasteiger partial charge is 0.482 e. The van der Waals surface area contributed by atoms with Gasteiger partial charge in [-0.05, 0) is 62.1 Å². The van der Waals surface area contributed by atoms with Crippen molar-refractivity contribution in [2.75, 3.05) is 18.1 Å². The second-order valence-electron chi connectivity index (χ2n) is 6.64. The molecular formula is C21H23NO4. The Morgan fingerprint density at radius 3 is 2.62 bits per heavy atom. The molecule has 3 rings (SSSR count). The molecule has 136 valence electrons. The van der Waals surface area contributed by atoms with Gasteiger partial charge >= 0.3 is 5.97 Å². The number of anilines is 1. The molecule has 0 radical (unpaired) electrons. The first kappa shape index (κ1) is 18.0. The van der Waals surface area contributed by atoms with E-state index in [0.29, 0.717) is 5.75 Å². The van der Waals surface area contributed by atoms with Gasteiger partial charge in [0.2, 0.25) is 0 Å². The van der Waals surface area contributed by atoms with Gasteiger partial charge in [0, 0.05) is 11.7 Å². The van der Waals surface area contributed by atoms with Crippen molar-refractivity contribution in [2.24, 2.45) is 0 Å². The van der Waals surface area contributed by atoms with Gasteiger partial charge in [0.25, 0.3) is 5.91 Å². The monoisotopic (exact) mass is 353 g/mol. The number of hydrogen-bond donors (Lipinski definition) is 0. The number of carbonyl (C=O) groups is 2. The van der Waals surface area contributed by atoms with E-state index in [4.69, 9.17) is 9.47 Å². The molecule has 2 aromatic carbocycles.